The van der Waals surface area contributed by atoms with E-state index >= 15 is 0 Å². The molecule has 26 heavy (non-hydrogen) atoms. The molecule has 0 saturated heterocycles. The molecule has 2 aromatic carbocycles. The highest BCUT2D eigenvalue weighted by Crippen LogP contribution is 2.30. The Morgan fingerprint density at radius 2 is 1.77 bits per heavy atom. The fraction of sp³-hybridized carbons (Fsp3) is 0.286. The van der Waals surface area contributed by atoms with Crippen LogP contribution < -0.4 is 14.8 Å². The molecule has 4 nitrogen and oxygen atoms in total. The van der Waals surface area contributed by atoms with Crippen molar-refractivity contribution in [3.05, 3.63) is 65.6 Å². The molecule has 1 amide bonds. The van der Waals surface area contributed by atoms with Crippen LogP contribution in [0.5, 0.6) is 11.5 Å². The monoisotopic (exact) mass is 371 g/mol. The second kappa shape index (κ2) is 10.6. The first kappa shape index (κ1) is 19.9. The Balaban J connectivity index is 1.96. The van der Waals surface area contributed by atoms with Crippen LogP contribution in [0.3, 0.4) is 0 Å². The van der Waals surface area contributed by atoms with Crippen molar-refractivity contribution < 1.29 is 14.3 Å². The maximum absolute atomic E-state index is 12.1. The quantitative estimate of drug-likeness (QED) is 0.499. The maximum atomic E-state index is 12.1. The molecule has 0 aliphatic heterocycles. The fourth-order valence-electron chi connectivity index (χ4n) is 2.36. The van der Waals surface area contributed by atoms with E-state index in [9.17, 15) is 4.79 Å². The highest BCUT2D eigenvalue weighted by molar-refractivity contribution is 8.02. The van der Waals surface area contributed by atoms with Gasteiger partial charge in [-0.1, -0.05) is 36.0 Å². The van der Waals surface area contributed by atoms with E-state index in [0.29, 0.717) is 19.0 Å². The third kappa shape index (κ3) is 6.15. The number of rotatable bonds is 9. The molecule has 0 aliphatic carbocycles. The molecular weight excluding hydrogens is 346 g/mol. The number of hydrogen-bond acceptors (Lipinski definition) is 4. The van der Waals surface area contributed by atoms with Gasteiger partial charge < -0.3 is 14.8 Å². The van der Waals surface area contributed by atoms with Crippen molar-refractivity contribution in [2.45, 2.75) is 31.7 Å². The molecule has 0 radical (unpaired) electrons. The van der Waals surface area contributed by atoms with Gasteiger partial charge in [-0.2, -0.15) is 0 Å². The predicted molar refractivity (Wildman–Crippen MR) is 107 cm³/mol. The molecule has 1 atom stereocenters. The van der Waals surface area contributed by atoms with Crippen LogP contribution in [0.4, 0.5) is 0 Å². The molecule has 0 spiro atoms. The van der Waals surface area contributed by atoms with E-state index in [1.165, 1.54) is 11.8 Å². The Bertz CT molecular complexity index is 731. The summed E-state index contributed by atoms with van der Waals surface area (Å²) in [5.41, 5.74) is 0.967. The Kier molecular flexibility index (Phi) is 8.09. The summed E-state index contributed by atoms with van der Waals surface area (Å²) < 4.78 is 11.2. The summed E-state index contributed by atoms with van der Waals surface area (Å²) in [6.07, 6.45) is 1.55. The number of benzene rings is 2. The molecule has 138 valence electrons. The van der Waals surface area contributed by atoms with E-state index in [-0.39, 0.29) is 11.9 Å². The number of carbonyl (C=O) groups excluding carboxylic acids is 1. The average molecular weight is 372 g/mol. The Morgan fingerprint density at radius 3 is 2.46 bits per heavy atom. The lowest BCUT2D eigenvalue weighted by molar-refractivity contribution is -0.117. The number of nitrogens with one attached hydrogen (secondary N) is 1. The van der Waals surface area contributed by atoms with Crippen molar-refractivity contribution in [2.24, 2.45) is 0 Å². The van der Waals surface area contributed by atoms with Gasteiger partial charge in [0, 0.05) is 11.0 Å². The smallest absolute Gasteiger partial charge is 0.244 e. The van der Waals surface area contributed by atoms with Crippen LogP contribution in [0.2, 0.25) is 0 Å². The molecule has 5 heteroatoms. The maximum Gasteiger partial charge on any atom is 0.244 e. The number of carbonyl (C=O) groups is 1. The van der Waals surface area contributed by atoms with Gasteiger partial charge in [0.25, 0.3) is 0 Å². The number of amides is 1. The second-order valence-corrected chi connectivity index (χ2v) is 6.52. The van der Waals surface area contributed by atoms with Gasteiger partial charge in [0.05, 0.1) is 19.3 Å². The molecule has 0 heterocycles. The SMILES string of the molecule is CCOc1ccc([C@@H](C)NC(=O)/C=C/Sc2ccccc2)cc1OCC. The Hall–Kier alpha value is -2.40. The Morgan fingerprint density at radius 1 is 1.08 bits per heavy atom. The highest BCUT2D eigenvalue weighted by atomic mass is 32.2. The predicted octanol–water partition coefficient (Wildman–Crippen LogP) is 4.97. The van der Waals surface area contributed by atoms with E-state index in [1.807, 2.05) is 69.3 Å². The first-order valence-corrected chi connectivity index (χ1v) is 9.60. The molecule has 0 fully saturated rings. The van der Waals surface area contributed by atoms with Crippen LogP contribution in [0.1, 0.15) is 32.4 Å². The van der Waals surface area contributed by atoms with Crippen molar-refractivity contribution >= 4 is 17.7 Å². The lowest BCUT2D eigenvalue weighted by atomic mass is 10.1. The van der Waals surface area contributed by atoms with Crippen molar-refractivity contribution in [2.75, 3.05) is 13.2 Å². The largest absolute Gasteiger partial charge is 0.490 e. The lowest BCUT2D eigenvalue weighted by Crippen LogP contribution is -2.24. The van der Waals surface area contributed by atoms with Crippen molar-refractivity contribution in [1.82, 2.24) is 5.32 Å². The second-order valence-electron chi connectivity index (χ2n) is 5.54. The van der Waals surface area contributed by atoms with E-state index in [0.717, 1.165) is 16.2 Å². The van der Waals surface area contributed by atoms with Crippen molar-refractivity contribution in [3.63, 3.8) is 0 Å². The normalized spacial score (nSPS) is 12.0. The van der Waals surface area contributed by atoms with Gasteiger partial charge in [0.15, 0.2) is 11.5 Å². The summed E-state index contributed by atoms with van der Waals surface area (Å²) in [6.45, 7) is 6.95. The van der Waals surface area contributed by atoms with Crippen LogP contribution in [0.15, 0.2) is 64.9 Å². The summed E-state index contributed by atoms with van der Waals surface area (Å²) in [6, 6.07) is 15.5. The zero-order chi connectivity index (χ0) is 18.8. The van der Waals surface area contributed by atoms with Gasteiger partial charge in [0.2, 0.25) is 5.91 Å². The third-order valence-electron chi connectivity index (χ3n) is 3.59. The van der Waals surface area contributed by atoms with Gasteiger partial charge in [-0.3, -0.25) is 4.79 Å². The summed E-state index contributed by atoms with van der Waals surface area (Å²) >= 11 is 1.51. The van der Waals surface area contributed by atoms with E-state index in [1.54, 1.807) is 11.5 Å². The van der Waals surface area contributed by atoms with Gasteiger partial charge >= 0.3 is 0 Å². The average Bonchev–Trinajstić information content (AvgIpc) is 2.64. The van der Waals surface area contributed by atoms with Crippen LogP contribution >= 0.6 is 11.8 Å². The molecule has 1 N–H and O–H groups in total. The first-order chi connectivity index (χ1) is 12.6. The summed E-state index contributed by atoms with van der Waals surface area (Å²) in [7, 11) is 0. The molecule has 0 aromatic heterocycles. The Labute approximate surface area is 159 Å². The van der Waals surface area contributed by atoms with Gasteiger partial charge in [-0.05, 0) is 56.0 Å². The first-order valence-electron chi connectivity index (χ1n) is 8.72. The minimum Gasteiger partial charge on any atom is -0.490 e. The van der Waals surface area contributed by atoms with Crippen molar-refractivity contribution in [3.8, 4) is 11.5 Å². The molecule has 0 unspecified atom stereocenters. The minimum absolute atomic E-state index is 0.132. The lowest BCUT2D eigenvalue weighted by Gasteiger charge is -2.17. The summed E-state index contributed by atoms with van der Waals surface area (Å²) in [5, 5.41) is 4.76. The molecule has 2 rings (SSSR count). The fourth-order valence-corrected chi connectivity index (χ4v) is 3.02. The molecular formula is C21H25NO3S. The number of thioether (sulfide) groups is 1. The van der Waals surface area contributed by atoms with Crippen LogP contribution in [0, 0.1) is 0 Å². The van der Waals surface area contributed by atoms with Gasteiger partial charge in [-0.25, -0.2) is 0 Å². The molecule has 0 bridgehead atoms. The number of ether oxygens (including phenoxy) is 2. The molecule has 0 aliphatic rings. The number of hydrogen-bond donors (Lipinski definition) is 1. The third-order valence-corrected chi connectivity index (χ3v) is 4.41. The zero-order valence-corrected chi connectivity index (χ0v) is 16.2. The van der Waals surface area contributed by atoms with Gasteiger partial charge in [-0.15, -0.1) is 0 Å². The summed E-state index contributed by atoms with van der Waals surface area (Å²) in [5.74, 6) is 1.28. The van der Waals surface area contributed by atoms with E-state index in [4.69, 9.17) is 9.47 Å². The highest BCUT2D eigenvalue weighted by Gasteiger charge is 2.12. The van der Waals surface area contributed by atoms with Crippen LogP contribution in [-0.2, 0) is 4.79 Å². The molecule has 0 saturated carbocycles. The van der Waals surface area contributed by atoms with Crippen LogP contribution in [-0.4, -0.2) is 19.1 Å². The standard InChI is InChI=1S/C21H25NO3S/c1-4-24-19-12-11-17(15-20(19)25-5-2)16(3)22-21(23)13-14-26-18-9-7-6-8-10-18/h6-16H,4-5H2,1-3H3,(H,22,23)/b14-13+/t16-/m1/s1. The van der Waals surface area contributed by atoms with Gasteiger partial charge in [0.1, 0.15) is 0 Å². The summed E-state index contributed by atoms with van der Waals surface area (Å²) in [4.78, 5) is 13.2. The minimum atomic E-state index is -0.135. The zero-order valence-electron chi connectivity index (χ0n) is 15.4. The van der Waals surface area contributed by atoms with Crippen LogP contribution in [0.25, 0.3) is 0 Å². The topological polar surface area (TPSA) is 47.6 Å². The van der Waals surface area contributed by atoms with Crippen molar-refractivity contribution in [1.29, 1.82) is 0 Å². The van der Waals surface area contributed by atoms with E-state index in [2.05, 4.69) is 5.32 Å². The van der Waals surface area contributed by atoms with E-state index < -0.39 is 0 Å². The molecule has 2 aromatic rings.